The Morgan fingerprint density at radius 1 is 1.17 bits per heavy atom. The van der Waals surface area contributed by atoms with Crippen molar-refractivity contribution in [2.45, 2.75) is 46.4 Å². The molecule has 0 saturated carbocycles. The average Bonchev–Trinajstić information content (AvgIpc) is 2.66. The summed E-state index contributed by atoms with van der Waals surface area (Å²) in [6.45, 7) is 6.99. The molecule has 0 heterocycles. The van der Waals surface area contributed by atoms with Crippen LogP contribution in [0.2, 0.25) is 0 Å². The Morgan fingerprint density at radius 3 is 2.41 bits per heavy atom. The van der Waals surface area contributed by atoms with Gasteiger partial charge in [-0.25, -0.2) is 4.39 Å². The van der Waals surface area contributed by atoms with Gasteiger partial charge in [-0.15, -0.1) is 0 Å². The van der Waals surface area contributed by atoms with Gasteiger partial charge in [-0.2, -0.15) is 0 Å². The number of nitrogens with one attached hydrogen (secondary N) is 1. The second kappa shape index (κ2) is 11.2. The fourth-order valence-electron chi connectivity index (χ4n) is 2.81. The molecule has 5 nitrogen and oxygen atoms in total. The van der Waals surface area contributed by atoms with Gasteiger partial charge in [-0.1, -0.05) is 41.9 Å². The normalized spacial score (nSPS) is 12.1. The lowest BCUT2D eigenvalue weighted by atomic mass is 10.0. The molecule has 1 atom stereocenters. The summed E-state index contributed by atoms with van der Waals surface area (Å²) in [5.41, 5.74) is 1.71. The van der Waals surface area contributed by atoms with Crippen molar-refractivity contribution in [3.8, 4) is 11.5 Å². The zero-order chi connectivity index (χ0) is 21.4. The highest BCUT2D eigenvalue weighted by Crippen LogP contribution is 2.34. The second-order valence-electron chi connectivity index (χ2n) is 7.14. The van der Waals surface area contributed by atoms with Crippen LogP contribution in [0, 0.1) is 11.7 Å². The summed E-state index contributed by atoms with van der Waals surface area (Å²) in [7, 11) is 0. The predicted molar refractivity (Wildman–Crippen MR) is 114 cm³/mol. The Morgan fingerprint density at radius 2 is 1.83 bits per heavy atom. The highest BCUT2D eigenvalue weighted by Gasteiger charge is 2.19. The summed E-state index contributed by atoms with van der Waals surface area (Å²) in [6.07, 6.45) is 0.546. The van der Waals surface area contributed by atoms with Crippen LogP contribution < -0.4 is 14.8 Å². The first-order valence-electron chi connectivity index (χ1n) is 9.58. The molecule has 0 bridgehead atoms. The molecule has 7 heteroatoms. The molecule has 0 fully saturated rings. The van der Waals surface area contributed by atoms with E-state index in [1.807, 2.05) is 32.9 Å². The van der Waals surface area contributed by atoms with Crippen molar-refractivity contribution in [3.63, 3.8) is 0 Å². The van der Waals surface area contributed by atoms with Crippen LogP contribution in [0.25, 0.3) is 0 Å². The van der Waals surface area contributed by atoms with Crippen LogP contribution in [0.1, 0.15) is 38.3 Å². The minimum absolute atomic E-state index is 0.272. The summed E-state index contributed by atoms with van der Waals surface area (Å²) in [4.78, 5) is 11.5. The van der Waals surface area contributed by atoms with E-state index in [4.69, 9.17) is 9.47 Å². The zero-order valence-electron chi connectivity index (χ0n) is 16.9. The van der Waals surface area contributed by atoms with Gasteiger partial charge in [0, 0.05) is 11.0 Å². The molecule has 0 aliphatic rings. The Labute approximate surface area is 179 Å². The van der Waals surface area contributed by atoms with Gasteiger partial charge in [-0.05, 0) is 54.7 Å². The van der Waals surface area contributed by atoms with E-state index < -0.39 is 12.0 Å². The van der Waals surface area contributed by atoms with E-state index in [0.29, 0.717) is 31.1 Å². The molecule has 29 heavy (non-hydrogen) atoms. The molecule has 0 saturated heterocycles. The lowest BCUT2D eigenvalue weighted by molar-refractivity contribution is -0.140. The van der Waals surface area contributed by atoms with E-state index in [1.54, 1.807) is 12.1 Å². The molecule has 2 aromatic rings. The van der Waals surface area contributed by atoms with Crippen molar-refractivity contribution >= 4 is 21.9 Å². The van der Waals surface area contributed by atoms with Crippen LogP contribution in [-0.2, 0) is 17.9 Å². The smallest absolute Gasteiger partial charge is 0.320 e. The van der Waals surface area contributed by atoms with Crippen LogP contribution in [0.5, 0.6) is 11.5 Å². The van der Waals surface area contributed by atoms with Crippen molar-refractivity contribution in [2.75, 3.05) is 6.61 Å². The lowest BCUT2D eigenvalue weighted by Gasteiger charge is -2.19. The van der Waals surface area contributed by atoms with Crippen LogP contribution in [0.4, 0.5) is 4.39 Å². The molecule has 158 valence electrons. The number of hydrogen-bond donors (Lipinski definition) is 2. The maximum atomic E-state index is 13.1. The van der Waals surface area contributed by atoms with Gasteiger partial charge in [0.1, 0.15) is 18.5 Å². The molecule has 0 amide bonds. The standard InChI is InChI=1S/C22H27BrFNO4/c1-4-28-20-10-16(12-25-19(22(26)27)9-14(2)3)18(23)11-21(20)29-13-15-5-7-17(24)8-6-15/h5-8,10-11,14,19,25H,4,9,12-13H2,1-3H3,(H,26,27). The first kappa shape index (κ1) is 23.2. The molecule has 2 rings (SSSR count). The number of aliphatic carboxylic acids is 1. The SMILES string of the molecule is CCOc1cc(CNC(CC(C)C)C(=O)O)c(Br)cc1OCc1ccc(F)cc1. The number of hydrogen-bond acceptors (Lipinski definition) is 4. The third kappa shape index (κ3) is 7.33. The molecule has 0 aliphatic heterocycles. The van der Waals surface area contributed by atoms with Gasteiger partial charge in [0.2, 0.25) is 0 Å². The molecule has 2 aromatic carbocycles. The third-order valence-electron chi connectivity index (χ3n) is 4.26. The molecule has 0 radical (unpaired) electrons. The van der Waals surface area contributed by atoms with E-state index in [9.17, 15) is 14.3 Å². The number of carbonyl (C=O) groups is 1. The maximum absolute atomic E-state index is 13.1. The molecular formula is C22H27BrFNO4. The van der Waals surface area contributed by atoms with Crippen LogP contribution in [0.15, 0.2) is 40.9 Å². The zero-order valence-corrected chi connectivity index (χ0v) is 18.5. The molecule has 0 aliphatic carbocycles. The molecule has 0 aromatic heterocycles. The number of carboxylic acids is 1. The summed E-state index contributed by atoms with van der Waals surface area (Å²) in [6, 6.07) is 9.16. The number of carboxylic acid groups (broad SMARTS) is 1. The Bertz CT molecular complexity index is 811. The highest BCUT2D eigenvalue weighted by atomic mass is 79.9. The summed E-state index contributed by atoms with van der Waals surface area (Å²) >= 11 is 3.53. The van der Waals surface area contributed by atoms with E-state index in [1.165, 1.54) is 12.1 Å². The minimum Gasteiger partial charge on any atom is -0.490 e. The number of halogens is 2. The predicted octanol–water partition coefficient (Wildman–Crippen LogP) is 5.15. The summed E-state index contributed by atoms with van der Waals surface area (Å²) in [5.74, 6) is 0.252. The van der Waals surface area contributed by atoms with Gasteiger partial charge < -0.3 is 19.9 Å². The van der Waals surface area contributed by atoms with Crippen molar-refractivity contribution < 1.29 is 23.8 Å². The number of benzene rings is 2. The first-order valence-corrected chi connectivity index (χ1v) is 10.4. The molecular weight excluding hydrogens is 441 g/mol. The van der Waals surface area contributed by atoms with Crippen LogP contribution in [0.3, 0.4) is 0 Å². The Kier molecular flexibility index (Phi) is 8.92. The van der Waals surface area contributed by atoms with E-state index in [-0.39, 0.29) is 18.3 Å². The van der Waals surface area contributed by atoms with Crippen molar-refractivity contribution in [2.24, 2.45) is 5.92 Å². The van der Waals surface area contributed by atoms with Crippen molar-refractivity contribution in [1.82, 2.24) is 5.32 Å². The number of rotatable bonds is 11. The fourth-order valence-corrected chi connectivity index (χ4v) is 3.27. The van der Waals surface area contributed by atoms with E-state index >= 15 is 0 Å². The topological polar surface area (TPSA) is 67.8 Å². The van der Waals surface area contributed by atoms with Crippen molar-refractivity contribution in [1.29, 1.82) is 0 Å². The Balaban J connectivity index is 2.13. The lowest BCUT2D eigenvalue weighted by Crippen LogP contribution is -2.37. The third-order valence-corrected chi connectivity index (χ3v) is 5.00. The maximum Gasteiger partial charge on any atom is 0.320 e. The van der Waals surface area contributed by atoms with Crippen molar-refractivity contribution in [3.05, 3.63) is 57.8 Å². The van der Waals surface area contributed by atoms with Gasteiger partial charge in [0.15, 0.2) is 11.5 Å². The van der Waals surface area contributed by atoms with E-state index in [0.717, 1.165) is 15.6 Å². The molecule has 0 spiro atoms. The first-order chi connectivity index (χ1) is 13.8. The molecule has 1 unspecified atom stereocenters. The van der Waals surface area contributed by atoms with Gasteiger partial charge >= 0.3 is 5.97 Å². The molecule has 2 N–H and O–H groups in total. The number of ether oxygens (including phenoxy) is 2. The van der Waals surface area contributed by atoms with Gasteiger partial charge in [0.05, 0.1) is 6.61 Å². The quantitative estimate of drug-likeness (QED) is 0.477. The largest absolute Gasteiger partial charge is 0.490 e. The van der Waals surface area contributed by atoms with Crippen LogP contribution >= 0.6 is 15.9 Å². The summed E-state index contributed by atoms with van der Waals surface area (Å²) < 4.78 is 25.4. The fraction of sp³-hybridized carbons (Fsp3) is 0.409. The van der Waals surface area contributed by atoms with Gasteiger partial charge in [0.25, 0.3) is 0 Å². The summed E-state index contributed by atoms with van der Waals surface area (Å²) in [5, 5.41) is 12.5. The average molecular weight is 468 g/mol. The minimum atomic E-state index is -0.862. The van der Waals surface area contributed by atoms with Crippen LogP contribution in [-0.4, -0.2) is 23.7 Å². The Hall–Kier alpha value is -2.12. The highest BCUT2D eigenvalue weighted by molar-refractivity contribution is 9.10. The van der Waals surface area contributed by atoms with E-state index in [2.05, 4.69) is 21.2 Å². The monoisotopic (exact) mass is 467 g/mol. The second-order valence-corrected chi connectivity index (χ2v) is 7.99. The van der Waals surface area contributed by atoms with Gasteiger partial charge in [-0.3, -0.25) is 4.79 Å².